The zero-order chi connectivity index (χ0) is 27.6. The summed E-state index contributed by atoms with van der Waals surface area (Å²) in [7, 11) is 0. The highest BCUT2D eigenvalue weighted by Crippen LogP contribution is 2.34. The lowest BCUT2D eigenvalue weighted by Gasteiger charge is -2.30. The molecule has 5 heterocycles. The number of nitriles is 1. The molecule has 0 unspecified atom stereocenters. The average molecular weight is 537 g/mol. The lowest BCUT2D eigenvalue weighted by molar-refractivity contribution is 0.202. The number of hydrogen-bond acceptors (Lipinski definition) is 6. The monoisotopic (exact) mass is 536 g/mol. The predicted octanol–water partition coefficient (Wildman–Crippen LogP) is 6.10. The molecule has 1 fully saturated rings. The van der Waals surface area contributed by atoms with E-state index >= 15 is 0 Å². The van der Waals surface area contributed by atoms with Crippen molar-refractivity contribution in [2.75, 3.05) is 13.1 Å². The van der Waals surface area contributed by atoms with Gasteiger partial charge in [0.15, 0.2) is 17.3 Å². The van der Waals surface area contributed by atoms with Crippen LogP contribution in [0.4, 0.5) is 0 Å². The first kappa shape index (κ1) is 24.9. The van der Waals surface area contributed by atoms with Gasteiger partial charge in [-0.1, -0.05) is 60.7 Å². The van der Waals surface area contributed by atoms with Gasteiger partial charge in [-0.3, -0.25) is 19.4 Å². The molecule has 8 nitrogen and oxygen atoms in total. The van der Waals surface area contributed by atoms with E-state index in [1.165, 1.54) is 5.56 Å². The van der Waals surface area contributed by atoms with E-state index < -0.39 is 0 Å². The van der Waals surface area contributed by atoms with Crippen LogP contribution in [0.15, 0.2) is 97.3 Å². The highest BCUT2D eigenvalue weighted by molar-refractivity contribution is 5.83. The van der Waals surface area contributed by atoms with Crippen molar-refractivity contribution in [2.24, 2.45) is 0 Å². The molecule has 0 atom stereocenters. The number of nitrogens with one attached hydrogen (secondary N) is 1. The SMILES string of the molecule is N#Cc1cccn2c(-c3ccccc3)c(-c3ccc(CN4CCC(c5n[nH]c(-c6ccccn6)n5)CC4)cc3)nc12. The largest absolute Gasteiger partial charge is 0.299 e. The number of fused-ring (bicyclic) bond motifs is 1. The second-order valence-electron chi connectivity index (χ2n) is 10.4. The highest BCUT2D eigenvalue weighted by Gasteiger charge is 2.24. The molecule has 0 bridgehead atoms. The number of aromatic amines is 1. The Morgan fingerprint density at radius 3 is 2.41 bits per heavy atom. The topological polar surface area (TPSA) is 98.8 Å². The van der Waals surface area contributed by atoms with E-state index in [-0.39, 0.29) is 0 Å². The fraction of sp³-hybridized carbons (Fsp3) is 0.182. The van der Waals surface area contributed by atoms with Gasteiger partial charge in [-0.05, 0) is 55.8 Å². The second-order valence-corrected chi connectivity index (χ2v) is 10.4. The Morgan fingerprint density at radius 2 is 1.66 bits per heavy atom. The van der Waals surface area contributed by atoms with Crippen LogP contribution in [0.2, 0.25) is 0 Å². The fourth-order valence-electron chi connectivity index (χ4n) is 5.68. The van der Waals surface area contributed by atoms with Crippen molar-refractivity contribution in [1.82, 2.24) is 34.4 Å². The number of imidazole rings is 1. The maximum Gasteiger partial charge on any atom is 0.174 e. The Kier molecular flexibility index (Phi) is 6.55. The van der Waals surface area contributed by atoms with E-state index in [1.54, 1.807) is 6.20 Å². The van der Waals surface area contributed by atoms with Gasteiger partial charge in [0.25, 0.3) is 0 Å². The zero-order valence-electron chi connectivity index (χ0n) is 22.5. The summed E-state index contributed by atoms with van der Waals surface area (Å²) in [6.07, 6.45) is 5.80. The van der Waals surface area contributed by atoms with Crippen LogP contribution in [0.3, 0.4) is 0 Å². The predicted molar refractivity (Wildman–Crippen MR) is 158 cm³/mol. The molecule has 200 valence electrons. The Morgan fingerprint density at radius 1 is 0.854 bits per heavy atom. The van der Waals surface area contributed by atoms with Crippen LogP contribution in [0.5, 0.6) is 0 Å². The standard InChI is InChI=1S/C33H28N8/c34-21-27-9-6-18-41-30(25-7-2-1-3-8-25)29(36-33(27)41)24-13-11-23(12-14-24)22-40-19-15-26(16-20-40)31-37-32(39-38-31)28-10-4-5-17-35-28/h1-14,17-18,26H,15-16,19-20,22H2,(H,37,38,39). The summed E-state index contributed by atoms with van der Waals surface area (Å²) in [5, 5.41) is 17.2. The molecule has 0 spiro atoms. The van der Waals surface area contributed by atoms with E-state index in [0.717, 1.165) is 72.3 Å². The molecule has 8 heteroatoms. The minimum Gasteiger partial charge on any atom is -0.299 e. The summed E-state index contributed by atoms with van der Waals surface area (Å²) in [6, 6.07) is 30.7. The molecule has 6 aromatic rings. The highest BCUT2D eigenvalue weighted by atomic mass is 15.2. The van der Waals surface area contributed by atoms with Crippen molar-refractivity contribution in [1.29, 1.82) is 5.26 Å². The van der Waals surface area contributed by atoms with Crippen molar-refractivity contribution < 1.29 is 0 Å². The molecule has 0 saturated carbocycles. The Bertz CT molecular complexity index is 1820. The summed E-state index contributed by atoms with van der Waals surface area (Å²) < 4.78 is 2.02. The summed E-state index contributed by atoms with van der Waals surface area (Å²) in [5.41, 5.74) is 7.29. The molecule has 1 aliphatic heterocycles. The number of rotatable bonds is 6. The van der Waals surface area contributed by atoms with E-state index in [2.05, 4.69) is 62.5 Å². The Labute approximate surface area is 238 Å². The van der Waals surface area contributed by atoms with Gasteiger partial charge in [-0.2, -0.15) is 10.4 Å². The average Bonchev–Trinajstić information content (AvgIpc) is 3.69. The molecule has 1 saturated heterocycles. The fourth-order valence-corrected chi connectivity index (χ4v) is 5.68. The second kappa shape index (κ2) is 10.8. The molecule has 1 aliphatic rings. The summed E-state index contributed by atoms with van der Waals surface area (Å²) in [4.78, 5) is 16.5. The smallest absolute Gasteiger partial charge is 0.174 e. The zero-order valence-corrected chi connectivity index (χ0v) is 22.5. The van der Waals surface area contributed by atoms with E-state index in [4.69, 9.17) is 9.97 Å². The molecule has 7 rings (SSSR count). The van der Waals surface area contributed by atoms with Crippen LogP contribution in [0.25, 0.3) is 39.7 Å². The lowest BCUT2D eigenvalue weighted by atomic mass is 9.95. The number of hydrogen-bond donors (Lipinski definition) is 1. The molecular formula is C33H28N8. The van der Waals surface area contributed by atoms with Crippen molar-refractivity contribution in [2.45, 2.75) is 25.3 Å². The normalized spacial score (nSPS) is 14.3. The third-order valence-electron chi connectivity index (χ3n) is 7.81. The third kappa shape index (κ3) is 4.88. The first-order valence-electron chi connectivity index (χ1n) is 13.9. The molecule has 0 radical (unpaired) electrons. The van der Waals surface area contributed by atoms with Crippen LogP contribution < -0.4 is 0 Å². The van der Waals surface area contributed by atoms with Crippen molar-refractivity contribution in [3.05, 3.63) is 114 Å². The van der Waals surface area contributed by atoms with Gasteiger partial charge in [0.05, 0.1) is 17.0 Å². The van der Waals surface area contributed by atoms with Gasteiger partial charge in [0, 0.05) is 36.0 Å². The summed E-state index contributed by atoms with van der Waals surface area (Å²) in [6.45, 7) is 2.90. The van der Waals surface area contributed by atoms with Crippen LogP contribution in [-0.2, 0) is 6.54 Å². The van der Waals surface area contributed by atoms with Gasteiger partial charge < -0.3 is 0 Å². The molecule has 1 N–H and O–H groups in total. The lowest BCUT2D eigenvalue weighted by Crippen LogP contribution is -2.32. The first-order chi connectivity index (χ1) is 20.3. The van der Waals surface area contributed by atoms with E-state index in [0.29, 0.717) is 17.1 Å². The van der Waals surface area contributed by atoms with Crippen LogP contribution in [0.1, 0.15) is 35.7 Å². The van der Waals surface area contributed by atoms with Crippen LogP contribution in [-0.4, -0.2) is 47.5 Å². The number of pyridine rings is 2. The van der Waals surface area contributed by atoms with Crippen molar-refractivity contribution >= 4 is 5.65 Å². The Balaban J connectivity index is 1.07. The first-order valence-corrected chi connectivity index (χ1v) is 13.9. The van der Waals surface area contributed by atoms with Gasteiger partial charge in [-0.25, -0.2) is 9.97 Å². The number of benzene rings is 2. The molecule has 0 amide bonds. The maximum atomic E-state index is 9.68. The van der Waals surface area contributed by atoms with Crippen LogP contribution in [0, 0.1) is 11.3 Å². The number of likely N-dealkylation sites (tertiary alicyclic amines) is 1. The molecule has 2 aromatic carbocycles. The quantitative estimate of drug-likeness (QED) is 0.276. The molecule has 0 aliphatic carbocycles. The van der Waals surface area contributed by atoms with Gasteiger partial charge in [-0.15, -0.1) is 0 Å². The van der Waals surface area contributed by atoms with E-state index in [9.17, 15) is 5.26 Å². The van der Waals surface area contributed by atoms with Gasteiger partial charge in [0.1, 0.15) is 11.8 Å². The molecular weight excluding hydrogens is 508 g/mol. The van der Waals surface area contributed by atoms with Gasteiger partial charge in [0.2, 0.25) is 0 Å². The number of aromatic nitrogens is 6. The van der Waals surface area contributed by atoms with Crippen molar-refractivity contribution in [3.8, 4) is 40.1 Å². The van der Waals surface area contributed by atoms with E-state index in [1.807, 2.05) is 59.1 Å². The number of piperidine rings is 1. The minimum atomic E-state index is 0.354. The van der Waals surface area contributed by atoms with Crippen molar-refractivity contribution in [3.63, 3.8) is 0 Å². The van der Waals surface area contributed by atoms with Gasteiger partial charge >= 0.3 is 0 Å². The van der Waals surface area contributed by atoms with Crippen LogP contribution >= 0.6 is 0 Å². The molecule has 41 heavy (non-hydrogen) atoms. The molecule has 4 aromatic heterocycles. The summed E-state index contributed by atoms with van der Waals surface area (Å²) in [5.74, 6) is 1.97. The Hall–Kier alpha value is -5.13. The third-order valence-corrected chi connectivity index (χ3v) is 7.81. The minimum absolute atomic E-state index is 0.354. The maximum absolute atomic E-state index is 9.68. The summed E-state index contributed by atoms with van der Waals surface area (Å²) >= 11 is 0. The number of nitrogens with zero attached hydrogens (tertiary/aromatic N) is 7. The number of H-pyrrole nitrogens is 1.